The largest absolute Gasteiger partial charge is 0.456 e. The van der Waals surface area contributed by atoms with Crippen LogP contribution in [0.1, 0.15) is 0 Å². The van der Waals surface area contributed by atoms with Crippen LogP contribution >= 0.6 is 7.14 Å². The molecule has 0 fully saturated rings. The zero-order chi connectivity index (χ0) is 30.7. The lowest BCUT2D eigenvalue weighted by Crippen LogP contribution is -2.35. The summed E-state index contributed by atoms with van der Waals surface area (Å²) in [5.41, 5.74) is 8.55. The number of aromatic nitrogens is 2. The molecule has 2 aliphatic heterocycles. The molecule has 0 amide bonds. The van der Waals surface area contributed by atoms with E-state index >= 15 is 4.57 Å². The molecular formula is C40H25N2O3P. The van der Waals surface area contributed by atoms with Crippen LogP contribution < -0.4 is 25.4 Å². The van der Waals surface area contributed by atoms with Crippen LogP contribution in [0.3, 0.4) is 0 Å². The quantitative estimate of drug-likeness (QED) is 0.186. The van der Waals surface area contributed by atoms with Gasteiger partial charge in [0.05, 0.1) is 10.6 Å². The molecule has 0 atom stereocenters. The van der Waals surface area contributed by atoms with Crippen LogP contribution in [0.5, 0.6) is 23.0 Å². The van der Waals surface area contributed by atoms with E-state index < -0.39 is 7.14 Å². The number of hydrogen-bond donors (Lipinski definition) is 0. The average molecular weight is 613 g/mol. The van der Waals surface area contributed by atoms with Crippen LogP contribution in [0.25, 0.3) is 44.5 Å². The highest BCUT2D eigenvalue weighted by Gasteiger charge is 2.46. The van der Waals surface area contributed by atoms with Crippen molar-refractivity contribution in [2.24, 2.45) is 0 Å². The minimum atomic E-state index is -3.30. The van der Waals surface area contributed by atoms with E-state index in [4.69, 9.17) is 9.47 Å². The van der Waals surface area contributed by atoms with Crippen LogP contribution in [0.15, 0.2) is 152 Å². The number of pyridine rings is 2. The summed E-state index contributed by atoms with van der Waals surface area (Å²) in [7, 11) is -3.30. The maximum absolute atomic E-state index is 15.5. The minimum absolute atomic E-state index is 0.569. The SMILES string of the molecule is O=P12c3ccc(-c4ccc(-c5ccncc5)cc4)cc3Oc3cccc(c31)Oc1cc(-c3ccc(-c4ccncc4)cc3)ccc12. The normalized spacial score (nSPS) is 13.4. The lowest BCUT2D eigenvalue weighted by molar-refractivity contribution is 0.462. The van der Waals surface area contributed by atoms with E-state index in [0.29, 0.717) is 38.9 Å². The smallest absolute Gasteiger partial charge is 0.185 e. The molecule has 2 aliphatic rings. The van der Waals surface area contributed by atoms with Crippen LogP contribution in [-0.2, 0) is 4.57 Å². The highest BCUT2D eigenvalue weighted by molar-refractivity contribution is 7.86. The molecule has 6 heteroatoms. The van der Waals surface area contributed by atoms with Crippen LogP contribution in [0, 0.1) is 0 Å². The van der Waals surface area contributed by atoms with Gasteiger partial charge in [0.15, 0.2) is 7.14 Å². The van der Waals surface area contributed by atoms with E-state index in [1.54, 1.807) is 24.8 Å². The van der Waals surface area contributed by atoms with Gasteiger partial charge >= 0.3 is 0 Å². The summed E-state index contributed by atoms with van der Waals surface area (Å²) in [6.07, 6.45) is 7.19. The predicted octanol–water partition coefficient (Wildman–Crippen LogP) is 9.00. The molecule has 5 nitrogen and oxygen atoms in total. The fraction of sp³-hybridized carbons (Fsp3) is 0. The first-order valence-corrected chi connectivity index (χ1v) is 16.8. The molecule has 0 N–H and O–H groups in total. The third-order valence-electron chi connectivity index (χ3n) is 8.78. The lowest BCUT2D eigenvalue weighted by atomic mass is 10.0. The van der Waals surface area contributed by atoms with Crippen molar-refractivity contribution in [2.45, 2.75) is 0 Å². The van der Waals surface area contributed by atoms with E-state index in [2.05, 4.69) is 58.5 Å². The molecule has 5 aromatic carbocycles. The highest BCUT2D eigenvalue weighted by Crippen LogP contribution is 2.58. The number of fused-ring (bicyclic) bond motifs is 4. The van der Waals surface area contributed by atoms with Gasteiger partial charge in [-0.05, 0) is 105 Å². The Bertz CT molecular complexity index is 2160. The second-order valence-electron chi connectivity index (χ2n) is 11.4. The number of rotatable bonds is 4. The third kappa shape index (κ3) is 4.21. The van der Waals surface area contributed by atoms with E-state index in [1.165, 1.54) is 0 Å². The van der Waals surface area contributed by atoms with Crippen molar-refractivity contribution in [1.82, 2.24) is 9.97 Å². The summed E-state index contributed by atoms with van der Waals surface area (Å²) in [5, 5.41) is 1.99. The van der Waals surface area contributed by atoms with Gasteiger partial charge in [0.25, 0.3) is 0 Å². The third-order valence-corrected chi connectivity index (χ3v) is 11.9. The van der Waals surface area contributed by atoms with Gasteiger partial charge in [0.1, 0.15) is 28.3 Å². The fourth-order valence-corrected chi connectivity index (χ4v) is 9.47. The maximum atomic E-state index is 15.5. The first-order chi connectivity index (χ1) is 22.6. The Kier molecular flexibility index (Phi) is 6.02. The molecule has 2 aromatic heterocycles. The number of benzene rings is 5. The molecule has 7 aromatic rings. The molecule has 0 saturated heterocycles. The van der Waals surface area contributed by atoms with Gasteiger partial charge in [-0.25, -0.2) is 0 Å². The molecule has 0 spiro atoms. The monoisotopic (exact) mass is 612 g/mol. The molecule has 0 saturated carbocycles. The standard InChI is InChI=1S/C40H25N2O3P/c43-46-38-14-12-32(28-8-4-26(5-9-28)30-16-20-41-21-17-30)24-36(38)44-34-2-1-3-35(40(34)46)45-37-25-33(13-15-39(37)46)29-10-6-27(7-11-29)31-18-22-42-23-19-31/h1-25H. The fourth-order valence-electron chi connectivity index (χ4n) is 6.46. The van der Waals surface area contributed by atoms with Crippen molar-refractivity contribution in [2.75, 3.05) is 0 Å². The predicted molar refractivity (Wildman–Crippen MR) is 183 cm³/mol. The van der Waals surface area contributed by atoms with E-state index in [0.717, 1.165) is 44.5 Å². The van der Waals surface area contributed by atoms with Crippen molar-refractivity contribution in [3.05, 3.63) is 152 Å². The Morgan fingerprint density at radius 1 is 0.391 bits per heavy atom. The number of nitrogens with zero attached hydrogens (tertiary/aromatic N) is 2. The zero-order valence-corrected chi connectivity index (χ0v) is 25.4. The Balaban J connectivity index is 1.10. The lowest BCUT2D eigenvalue weighted by Gasteiger charge is -2.34. The Morgan fingerprint density at radius 2 is 0.739 bits per heavy atom. The van der Waals surface area contributed by atoms with Gasteiger partial charge in [-0.1, -0.05) is 66.7 Å². The van der Waals surface area contributed by atoms with Gasteiger partial charge < -0.3 is 14.0 Å². The molecule has 46 heavy (non-hydrogen) atoms. The van der Waals surface area contributed by atoms with Crippen molar-refractivity contribution < 1.29 is 14.0 Å². The van der Waals surface area contributed by atoms with E-state index in [1.807, 2.05) is 78.9 Å². The summed E-state index contributed by atoms with van der Waals surface area (Å²) in [5.74, 6) is 2.35. The summed E-state index contributed by atoms with van der Waals surface area (Å²) in [4.78, 5) is 8.24. The van der Waals surface area contributed by atoms with Crippen LogP contribution in [0.4, 0.5) is 0 Å². The summed E-state index contributed by atoms with van der Waals surface area (Å²) in [6.45, 7) is 0. The van der Waals surface area contributed by atoms with Crippen molar-refractivity contribution >= 4 is 23.1 Å². The molecule has 0 unspecified atom stereocenters. The second-order valence-corrected chi connectivity index (χ2v) is 14.0. The van der Waals surface area contributed by atoms with Gasteiger partial charge in [-0.2, -0.15) is 0 Å². The summed E-state index contributed by atoms with van der Waals surface area (Å²) >= 11 is 0. The van der Waals surface area contributed by atoms with Crippen molar-refractivity contribution in [1.29, 1.82) is 0 Å². The van der Waals surface area contributed by atoms with Crippen molar-refractivity contribution in [3.8, 4) is 67.5 Å². The minimum Gasteiger partial charge on any atom is -0.456 e. The zero-order valence-electron chi connectivity index (χ0n) is 24.5. The molecule has 0 radical (unpaired) electrons. The molecule has 0 aliphatic carbocycles. The molecule has 0 bridgehead atoms. The molecule has 9 rings (SSSR count). The summed E-state index contributed by atoms with van der Waals surface area (Å²) < 4.78 is 28.3. The molecular weight excluding hydrogens is 587 g/mol. The Hall–Kier alpha value is -5.77. The average Bonchev–Trinajstić information content (AvgIpc) is 3.12. The first kappa shape index (κ1) is 26.6. The highest BCUT2D eigenvalue weighted by atomic mass is 31.2. The maximum Gasteiger partial charge on any atom is 0.185 e. The Labute approximate surface area is 266 Å². The topological polar surface area (TPSA) is 61.3 Å². The van der Waals surface area contributed by atoms with Gasteiger partial charge in [0, 0.05) is 24.8 Å². The van der Waals surface area contributed by atoms with Crippen molar-refractivity contribution in [3.63, 3.8) is 0 Å². The number of ether oxygens (including phenoxy) is 2. The van der Waals surface area contributed by atoms with Gasteiger partial charge in [0.2, 0.25) is 0 Å². The van der Waals surface area contributed by atoms with E-state index in [-0.39, 0.29) is 0 Å². The van der Waals surface area contributed by atoms with Gasteiger partial charge in [-0.3, -0.25) is 9.97 Å². The molecule has 218 valence electrons. The van der Waals surface area contributed by atoms with Crippen LogP contribution in [0.2, 0.25) is 0 Å². The number of hydrogen-bond acceptors (Lipinski definition) is 5. The first-order valence-electron chi connectivity index (χ1n) is 15.1. The second kappa shape index (κ2) is 10.4. The van der Waals surface area contributed by atoms with E-state index in [9.17, 15) is 0 Å². The molecule has 4 heterocycles. The van der Waals surface area contributed by atoms with Crippen LogP contribution in [-0.4, -0.2) is 9.97 Å². The Morgan fingerprint density at radius 3 is 1.15 bits per heavy atom. The van der Waals surface area contributed by atoms with Gasteiger partial charge in [-0.15, -0.1) is 0 Å². The summed E-state index contributed by atoms with van der Waals surface area (Å²) in [6, 6.07) is 42.4.